The van der Waals surface area contributed by atoms with E-state index < -0.39 is 0 Å². The summed E-state index contributed by atoms with van der Waals surface area (Å²) in [5, 5.41) is 20.3. The van der Waals surface area contributed by atoms with Crippen molar-refractivity contribution in [1.29, 1.82) is 0 Å². The Kier molecular flexibility index (Phi) is 4.19. The molecule has 0 aliphatic heterocycles. The highest BCUT2D eigenvalue weighted by atomic mass is 16.5. The monoisotopic (exact) mass is 367 g/mol. The minimum absolute atomic E-state index is 0.0259. The van der Waals surface area contributed by atoms with E-state index in [0.717, 1.165) is 56.2 Å². The fourth-order valence-electron chi connectivity index (χ4n) is 3.47. The maximum Gasteiger partial charge on any atom is 0.201 e. The number of hydrogen-bond donors (Lipinski definition) is 3. The van der Waals surface area contributed by atoms with Crippen LogP contribution in [0.4, 0.5) is 5.95 Å². The molecule has 3 aromatic heterocycles. The average Bonchev–Trinajstić information content (AvgIpc) is 3.30. The summed E-state index contributed by atoms with van der Waals surface area (Å²) in [5.74, 6) is 2.09. The van der Waals surface area contributed by atoms with Crippen LogP contribution in [0.1, 0.15) is 22.9 Å². The number of benzene rings is 1. The van der Waals surface area contributed by atoms with Crippen molar-refractivity contribution in [2.75, 3.05) is 18.5 Å². The number of nitrogens with one attached hydrogen (secondary N) is 2. The molecule has 0 aliphatic carbocycles. The summed E-state index contributed by atoms with van der Waals surface area (Å²) in [4.78, 5) is 7.95. The lowest BCUT2D eigenvalue weighted by molar-refractivity contribution is 0.311. The van der Waals surface area contributed by atoms with Gasteiger partial charge in [-0.15, -0.1) is 0 Å². The van der Waals surface area contributed by atoms with Crippen LogP contribution in [0.2, 0.25) is 0 Å². The Bertz CT molecular complexity index is 1080. The molecule has 4 aromatic rings. The molecule has 27 heavy (non-hydrogen) atoms. The van der Waals surface area contributed by atoms with Gasteiger partial charge < -0.3 is 24.5 Å². The van der Waals surface area contributed by atoms with Crippen LogP contribution in [-0.4, -0.2) is 38.5 Å². The topological polar surface area (TPSA) is 113 Å². The van der Waals surface area contributed by atoms with Crippen LogP contribution in [0, 0.1) is 27.7 Å². The Morgan fingerprint density at radius 1 is 1.00 bits per heavy atom. The molecule has 1 aromatic carbocycles. The Morgan fingerprint density at radius 3 is 2.26 bits per heavy atom. The third-order valence-electron chi connectivity index (χ3n) is 4.62. The molecule has 0 spiro atoms. The summed E-state index contributed by atoms with van der Waals surface area (Å²) >= 11 is 0. The van der Waals surface area contributed by atoms with Gasteiger partial charge in [-0.2, -0.15) is 0 Å². The molecule has 3 heterocycles. The maximum absolute atomic E-state index is 9.07. The van der Waals surface area contributed by atoms with Crippen LogP contribution in [0.25, 0.3) is 33.3 Å². The van der Waals surface area contributed by atoms with Crippen LogP contribution in [0.5, 0.6) is 0 Å². The lowest BCUT2D eigenvalue weighted by atomic mass is 9.96. The Balaban J connectivity index is 1.99. The van der Waals surface area contributed by atoms with Gasteiger partial charge in [0.1, 0.15) is 11.5 Å². The summed E-state index contributed by atoms with van der Waals surface area (Å²) in [6.07, 6.45) is 0. The van der Waals surface area contributed by atoms with Gasteiger partial charge in [-0.25, -0.2) is 4.98 Å². The highest BCUT2D eigenvalue weighted by molar-refractivity contribution is 5.98. The fraction of sp³-hybridized carbons (Fsp3) is 0.316. The van der Waals surface area contributed by atoms with Gasteiger partial charge in [0.2, 0.25) is 5.95 Å². The van der Waals surface area contributed by atoms with Crippen molar-refractivity contribution in [3.8, 4) is 22.3 Å². The number of nitrogens with zero attached hydrogens (tertiary/aromatic N) is 3. The molecule has 4 rings (SSSR count). The molecule has 8 nitrogen and oxygen atoms in total. The van der Waals surface area contributed by atoms with Crippen LogP contribution >= 0.6 is 0 Å². The van der Waals surface area contributed by atoms with Gasteiger partial charge in [-0.3, -0.25) is 0 Å². The number of imidazole rings is 1. The van der Waals surface area contributed by atoms with Crippen molar-refractivity contribution in [3.63, 3.8) is 0 Å². The van der Waals surface area contributed by atoms with E-state index in [2.05, 4.69) is 31.7 Å². The van der Waals surface area contributed by atoms with E-state index in [9.17, 15) is 0 Å². The van der Waals surface area contributed by atoms with E-state index >= 15 is 0 Å². The van der Waals surface area contributed by atoms with E-state index in [1.54, 1.807) is 0 Å². The van der Waals surface area contributed by atoms with Crippen molar-refractivity contribution < 1.29 is 14.2 Å². The zero-order chi connectivity index (χ0) is 19.1. The standard InChI is InChI=1S/C19H21N5O3/c1-9-16(11(3)26-23-9)13-7-14(17-10(2)24-27-12(17)4)18-15(8-13)21-19(22-18)20-5-6-25/h7-8,25H,5-6H2,1-4H3,(H2,20,21,22). The second-order valence-electron chi connectivity index (χ2n) is 6.55. The Hall–Kier alpha value is -3.13. The number of aryl methyl sites for hydroxylation is 4. The molecule has 0 unspecified atom stereocenters. The summed E-state index contributed by atoms with van der Waals surface area (Å²) < 4.78 is 10.7. The number of hydrogen-bond acceptors (Lipinski definition) is 7. The SMILES string of the molecule is Cc1noc(C)c1-c1cc(-c2c(C)noc2C)c2nc(NCCO)[nH]c2c1. The first-order valence-corrected chi connectivity index (χ1v) is 8.74. The van der Waals surface area contributed by atoms with Crippen LogP contribution in [0.15, 0.2) is 21.2 Å². The second kappa shape index (κ2) is 6.55. The number of fused-ring (bicyclic) bond motifs is 1. The molecular formula is C19H21N5O3. The molecule has 8 heteroatoms. The van der Waals surface area contributed by atoms with E-state index in [1.165, 1.54) is 0 Å². The van der Waals surface area contributed by atoms with Gasteiger partial charge in [0, 0.05) is 23.2 Å². The van der Waals surface area contributed by atoms with Crippen molar-refractivity contribution in [3.05, 3.63) is 35.0 Å². The molecule has 0 saturated heterocycles. The number of H-pyrrole nitrogens is 1. The minimum Gasteiger partial charge on any atom is -0.395 e. The number of aromatic amines is 1. The fourth-order valence-corrected chi connectivity index (χ4v) is 3.47. The van der Waals surface area contributed by atoms with Crippen LogP contribution in [-0.2, 0) is 0 Å². The van der Waals surface area contributed by atoms with Crippen molar-refractivity contribution >= 4 is 17.0 Å². The van der Waals surface area contributed by atoms with E-state index in [0.29, 0.717) is 12.5 Å². The molecule has 140 valence electrons. The summed E-state index contributed by atoms with van der Waals surface area (Å²) in [7, 11) is 0. The van der Waals surface area contributed by atoms with Crippen molar-refractivity contribution in [1.82, 2.24) is 20.3 Å². The zero-order valence-electron chi connectivity index (χ0n) is 15.7. The first-order chi connectivity index (χ1) is 13.0. The van der Waals surface area contributed by atoms with Gasteiger partial charge >= 0.3 is 0 Å². The largest absolute Gasteiger partial charge is 0.395 e. The van der Waals surface area contributed by atoms with E-state index in [-0.39, 0.29) is 6.61 Å². The van der Waals surface area contributed by atoms with E-state index in [4.69, 9.17) is 14.2 Å². The zero-order valence-corrected chi connectivity index (χ0v) is 15.7. The first kappa shape index (κ1) is 17.3. The summed E-state index contributed by atoms with van der Waals surface area (Å²) in [6, 6.07) is 4.10. The highest BCUT2D eigenvalue weighted by Gasteiger charge is 2.21. The summed E-state index contributed by atoms with van der Waals surface area (Å²) in [6.45, 7) is 8.07. The number of anilines is 1. The van der Waals surface area contributed by atoms with Gasteiger partial charge in [-0.1, -0.05) is 10.3 Å². The smallest absolute Gasteiger partial charge is 0.201 e. The van der Waals surface area contributed by atoms with Gasteiger partial charge in [-0.05, 0) is 45.4 Å². The normalized spacial score (nSPS) is 11.4. The van der Waals surface area contributed by atoms with Crippen molar-refractivity contribution in [2.45, 2.75) is 27.7 Å². The lowest BCUT2D eigenvalue weighted by Gasteiger charge is -2.07. The Morgan fingerprint density at radius 2 is 1.67 bits per heavy atom. The molecule has 0 saturated carbocycles. The quantitative estimate of drug-likeness (QED) is 0.495. The van der Waals surface area contributed by atoms with Gasteiger partial charge in [0.05, 0.1) is 29.0 Å². The predicted molar refractivity (Wildman–Crippen MR) is 102 cm³/mol. The van der Waals surface area contributed by atoms with Gasteiger partial charge in [0.15, 0.2) is 0 Å². The Labute approximate surface area is 155 Å². The third kappa shape index (κ3) is 2.87. The van der Waals surface area contributed by atoms with E-state index in [1.807, 2.05) is 33.8 Å². The molecule has 3 N–H and O–H groups in total. The van der Waals surface area contributed by atoms with Crippen molar-refractivity contribution in [2.24, 2.45) is 0 Å². The van der Waals surface area contributed by atoms with Gasteiger partial charge in [0.25, 0.3) is 0 Å². The number of aliphatic hydroxyl groups is 1. The molecule has 0 atom stereocenters. The third-order valence-corrected chi connectivity index (χ3v) is 4.62. The molecule has 0 fully saturated rings. The predicted octanol–water partition coefficient (Wildman–Crippen LogP) is 3.51. The minimum atomic E-state index is 0.0259. The first-order valence-electron chi connectivity index (χ1n) is 8.74. The number of aliphatic hydroxyl groups excluding tert-OH is 1. The average molecular weight is 367 g/mol. The second-order valence-corrected chi connectivity index (χ2v) is 6.55. The molecule has 0 aliphatic rings. The number of rotatable bonds is 5. The maximum atomic E-state index is 9.07. The van der Waals surface area contributed by atoms with Crippen LogP contribution in [0.3, 0.4) is 0 Å². The number of aromatic nitrogens is 4. The summed E-state index contributed by atoms with van der Waals surface area (Å²) in [5.41, 5.74) is 7.09. The molecule has 0 radical (unpaired) electrons. The molecular weight excluding hydrogens is 346 g/mol. The molecule has 0 bridgehead atoms. The lowest BCUT2D eigenvalue weighted by Crippen LogP contribution is -2.06. The van der Waals surface area contributed by atoms with Crippen LogP contribution < -0.4 is 5.32 Å². The highest BCUT2D eigenvalue weighted by Crippen LogP contribution is 2.38. The molecule has 0 amide bonds.